The highest BCUT2D eigenvalue weighted by atomic mass is 35.5. The standard InChI is InChI=1S/C4H7F3O.ClH/c1-4(8,2-5)3(6)7;/h3,8H,2H2,1H3;1H. The lowest BCUT2D eigenvalue weighted by atomic mass is 10.1. The third kappa shape index (κ3) is 3.59. The van der Waals surface area contributed by atoms with Crippen molar-refractivity contribution < 1.29 is 18.3 Å². The van der Waals surface area contributed by atoms with E-state index in [0.29, 0.717) is 0 Å². The average molecular weight is 165 g/mol. The Bertz CT molecular complexity index is 76.2. The number of halogens is 4. The SMILES string of the molecule is CC(O)(CF)C(F)F.Cl. The monoisotopic (exact) mass is 164 g/mol. The highest BCUT2D eigenvalue weighted by Gasteiger charge is 2.31. The molecule has 0 saturated carbocycles. The molecule has 0 aromatic heterocycles. The quantitative estimate of drug-likeness (QED) is 0.654. The van der Waals surface area contributed by atoms with Crippen LogP contribution in [0.3, 0.4) is 0 Å². The van der Waals surface area contributed by atoms with Gasteiger partial charge in [-0.2, -0.15) is 0 Å². The molecule has 0 rings (SSSR count). The van der Waals surface area contributed by atoms with Crippen molar-refractivity contribution in [3.8, 4) is 0 Å². The molecule has 9 heavy (non-hydrogen) atoms. The Morgan fingerprint density at radius 2 is 1.89 bits per heavy atom. The molecule has 0 aromatic rings. The lowest BCUT2D eigenvalue weighted by Gasteiger charge is -2.16. The minimum atomic E-state index is -3.01. The van der Waals surface area contributed by atoms with E-state index in [1.165, 1.54) is 0 Å². The zero-order valence-corrected chi connectivity index (χ0v) is 5.59. The second-order valence-electron chi connectivity index (χ2n) is 1.79. The largest absolute Gasteiger partial charge is 0.381 e. The number of alkyl halides is 3. The maximum atomic E-state index is 11.3. The van der Waals surface area contributed by atoms with Crippen molar-refractivity contribution in [2.75, 3.05) is 6.67 Å². The molecule has 0 radical (unpaired) electrons. The van der Waals surface area contributed by atoms with Gasteiger partial charge in [0.1, 0.15) is 6.67 Å². The molecule has 0 bridgehead atoms. The Morgan fingerprint density at radius 1 is 1.56 bits per heavy atom. The smallest absolute Gasteiger partial charge is 0.269 e. The minimum Gasteiger partial charge on any atom is -0.381 e. The van der Waals surface area contributed by atoms with Crippen LogP contribution in [-0.2, 0) is 0 Å². The van der Waals surface area contributed by atoms with E-state index in [4.69, 9.17) is 5.11 Å². The van der Waals surface area contributed by atoms with Gasteiger partial charge in [-0.25, -0.2) is 13.2 Å². The van der Waals surface area contributed by atoms with Crippen LogP contribution in [0.25, 0.3) is 0 Å². The van der Waals surface area contributed by atoms with Crippen molar-refractivity contribution in [2.24, 2.45) is 0 Å². The van der Waals surface area contributed by atoms with Gasteiger partial charge in [0.15, 0.2) is 5.60 Å². The summed E-state index contributed by atoms with van der Waals surface area (Å²) < 4.78 is 33.9. The molecule has 0 heterocycles. The van der Waals surface area contributed by atoms with Crippen LogP contribution in [0.1, 0.15) is 6.92 Å². The van der Waals surface area contributed by atoms with E-state index in [0.717, 1.165) is 6.92 Å². The molecular weight excluding hydrogens is 156 g/mol. The topological polar surface area (TPSA) is 20.2 Å². The molecule has 1 nitrogen and oxygen atoms in total. The first-order valence-corrected chi connectivity index (χ1v) is 2.07. The first-order chi connectivity index (χ1) is 3.50. The maximum Gasteiger partial charge on any atom is 0.269 e. The Kier molecular flexibility index (Phi) is 5.18. The second kappa shape index (κ2) is 3.95. The lowest BCUT2D eigenvalue weighted by molar-refractivity contribution is -0.0947. The number of hydrogen-bond acceptors (Lipinski definition) is 1. The summed E-state index contributed by atoms with van der Waals surface area (Å²) >= 11 is 0. The fourth-order valence-corrected chi connectivity index (χ4v) is 0.0583. The van der Waals surface area contributed by atoms with Crippen LogP contribution in [0, 0.1) is 0 Å². The summed E-state index contributed by atoms with van der Waals surface area (Å²) in [4.78, 5) is 0. The summed E-state index contributed by atoms with van der Waals surface area (Å²) in [5, 5.41) is 8.28. The average Bonchev–Trinajstić information content (AvgIpc) is 1.67. The maximum absolute atomic E-state index is 11.3. The molecule has 0 aliphatic rings. The van der Waals surface area contributed by atoms with Crippen molar-refractivity contribution >= 4 is 12.4 Å². The third-order valence-electron chi connectivity index (χ3n) is 0.741. The highest BCUT2D eigenvalue weighted by Crippen LogP contribution is 2.14. The van der Waals surface area contributed by atoms with Gasteiger partial charge in [0, 0.05) is 0 Å². The van der Waals surface area contributed by atoms with Gasteiger partial charge in [0.25, 0.3) is 6.43 Å². The summed E-state index contributed by atoms with van der Waals surface area (Å²) in [7, 11) is 0. The number of rotatable bonds is 2. The molecule has 1 N–H and O–H groups in total. The van der Waals surface area contributed by atoms with E-state index >= 15 is 0 Å². The van der Waals surface area contributed by atoms with E-state index in [2.05, 4.69) is 0 Å². The van der Waals surface area contributed by atoms with Crippen molar-refractivity contribution in [1.29, 1.82) is 0 Å². The molecule has 5 heteroatoms. The summed E-state index contributed by atoms with van der Waals surface area (Å²) in [5.74, 6) is 0. The zero-order valence-electron chi connectivity index (χ0n) is 4.77. The fraction of sp³-hybridized carbons (Fsp3) is 1.00. The predicted octanol–water partition coefficient (Wildman–Crippen LogP) is 1.39. The summed E-state index contributed by atoms with van der Waals surface area (Å²) in [6, 6.07) is 0. The van der Waals surface area contributed by atoms with E-state index in [1.807, 2.05) is 0 Å². The Labute approximate surface area is 57.3 Å². The summed E-state index contributed by atoms with van der Waals surface area (Å²) in [6.07, 6.45) is -3.01. The van der Waals surface area contributed by atoms with Crippen LogP contribution in [0.4, 0.5) is 13.2 Å². The van der Waals surface area contributed by atoms with Gasteiger partial charge in [0.2, 0.25) is 0 Å². The molecule has 0 aliphatic heterocycles. The van der Waals surface area contributed by atoms with Crippen molar-refractivity contribution in [2.45, 2.75) is 19.0 Å². The molecular formula is C4H8ClF3O. The first kappa shape index (κ1) is 11.8. The Morgan fingerprint density at radius 3 is 1.89 bits per heavy atom. The van der Waals surface area contributed by atoms with Crippen molar-refractivity contribution in [1.82, 2.24) is 0 Å². The molecule has 0 fully saturated rings. The van der Waals surface area contributed by atoms with Gasteiger partial charge < -0.3 is 5.11 Å². The van der Waals surface area contributed by atoms with Gasteiger partial charge >= 0.3 is 0 Å². The molecule has 0 spiro atoms. The van der Waals surface area contributed by atoms with Gasteiger partial charge in [-0.3, -0.25) is 0 Å². The van der Waals surface area contributed by atoms with Crippen LogP contribution in [-0.4, -0.2) is 23.8 Å². The molecule has 0 aromatic carbocycles. The first-order valence-electron chi connectivity index (χ1n) is 2.07. The highest BCUT2D eigenvalue weighted by molar-refractivity contribution is 5.85. The lowest BCUT2D eigenvalue weighted by Crippen LogP contribution is -2.35. The van der Waals surface area contributed by atoms with Crippen molar-refractivity contribution in [3.05, 3.63) is 0 Å². The molecule has 0 amide bonds. The predicted molar refractivity (Wildman–Crippen MR) is 29.9 cm³/mol. The van der Waals surface area contributed by atoms with Crippen molar-refractivity contribution in [3.63, 3.8) is 0 Å². The van der Waals surface area contributed by atoms with Crippen LogP contribution in [0.2, 0.25) is 0 Å². The van der Waals surface area contributed by atoms with E-state index in [-0.39, 0.29) is 12.4 Å². The Balaban J connectivity index is 0. The number of hydrogen-bond donors (Lipinski definition) is 1. The second-order valence-corrected chi connectivity index (χ2v) is 1.79. The Hall–Kier alpha value is 0.0400. The van der Waals surface area contributed by atoms with Crippen LogP contribution < -0.4 is 0 Å². The zero-order chi connectivity index (χ0) is 6.78. The van der Waals surface area contributed by atoms with E-state index in [1.54, 1.807) is 0 Å². The molecule has 1 atom stereocenters. The van der Waals surface area contributed by atoms with Crippen LogP contribution in [0.15, 0.2) is 0 Å². The summed E-state index contributed by atoms with van der Waals surface area (Å²) in [5.41, 5.74) is -2.46. The van der Waals surface area contributed by atoms with Gasteiger partial charge in [-0.05, 0) is 6.92 Å². The summed E-state index contributed by atoms with van der Waals surface area (Å²) in [6.45, 7) is -0.664. The number of aliphatic hydroxyl groups is 1. The molecule has 58 valence electrons. The minimum absolute atomic E-state index is 0. The molecule has 0 saturated heterocycles. The van der Waals surface area contributed by atoms with Gasteiger partial charge in [-0.15, -0.1) is 12.4 Å². The molecule has 1 unspecified atom stereocenters. The molecule has 0 aliphatic carbocycles. The van der Waals surface area contributed by atoms with Crippen LogP contribution >= 0.6 is 12.4 Å². The normalized spacial score (nSPS) is 16.7. The fourth-order valence-electron chi connectivity index (χ4n) is 0.0583. The van der Waals surface area contributed by atoms with E-state index in [9.17, 15) is 13.2 Å². The van der Waals surface area contributed by atoms with Gasteiger partial charge in [0.05, 0.1) is 0 Å². The third-order valence-corrected chi connectivity index (χ3v) is 0.741. The van der Waals surface area contributed by atoms with Gasteiger partial charge in [-0.1, -0.05) is 0 Å². The van der Waals surface area contributed by atoms with E-state index < -0.39 is 18.7 Å². The van der Waals surface area contributed by atoms with Crippen LogP contribution in [0.5, 0.6) is 0 Å².